The van der Waals surface area contributed by atoms with Crippen molar-refractivity contribution in [1.82, 2.24) is 18.7 Å². The zero-order chi connectivity index (χ0) is 23.5. The average molecular weight is 447 g/mol. The lowest BCUT2D eigenvalue weighted by atomic mass is 10.1. The Kier molecular flexibility index (Phi) is 5.85. The molecule has 0 aliphatic heterocycles. The summed E-state index contributed by atoms with van der Waals surface area (Å²) in [6, 6.07) is 15.8. The highest BCUT2D eigenvalue weighted by atomic mass is 16.6. The Morgan fingerprint density at radius 2 is 1.85 bits per heavy atom. The topological polar surface area (TPSA) is 129 Å². The number of non-ortho nitro benzene ring substituents is 1. The molecule has 0 aliphatic rings. The minimum atomic E-state index is -0.482. The number of benzene rings is 2. The highest BCUT2D eigenvalue weighted by molar-refractivity contribution is 5.81. The van der Waals surface area contributed by atoms with Crippen molar-refractivity contribution in [1.29, 1.82) is 0 Å². The molecule has 0 fully saturated rings. The van der Waals surface area contributed by atoms with Gasteiger partial charge in [0.05, 0.1) is 11.1 Å². The number of aryl methyl sites for hydroxylation is 3. The summed E-state index contributed by atoms with van der Waals surface area (Å²) in [5.74, 6) is 0.279. The molecule has 4 aromatic rings. The maximum atomic E-state index is 12.9. The highest BCUT2D eigenvalue weighted by Crippen LogP contribution is 2.17. The lowest BCUT2D eigenvalue weighted by molar-refractivity contribution is -0.384. The van der Waals surface area contributed by atoms with Crippen LogP contribution in [0.1, 0.15) is 11.1 Å². The van der Waals surface area contributed by atoms with Gasteiger partial charge in [0, 0.05) is 38.3 Å². The van der Waals surface area contributed by atoms with Crippen molar-refractivity contribution in [3.63, 3.8) is 0 Å². The number of fused-ring (bicyclic) bond motifs is 1. The fourth-order valence-electron chi connectivity index (χ4n) is 3.52. The van der Waals surface area contributed by atoms with Crippen molar-refractivity contribution in [3.8, 4) is 0 Å². The Bertz CT molecular complexity index is 1480. The lowest BCUT2D eigenvalue weighted by Crippen LogP contribution is -2.37. The first-order chi connectivity index (χ1) is 15.9. The average Bonchev–Trinajstić information content (AvgIpc) is 3.19. The van der Waals surface area contributed by atoms with Gasteiger partial charge in [-0.15, -0.1) is 0 Å². The van der Waals surface area contributed by atoms with Crippen LogP contribution in [0.4, 0.5) is 11.6 Å². The van der Waals surface area contributed by atoms with E-state index in [-0.39, 0.29) is 22.8 Å². The largest absolute Gasteiger partial charge is 0.332 e. The summed E-state index contributed by atoms with van der Waals surface area (Å²) in [5, 5.41) is 15.1. The van der Waals surface area contributed by atoms with Gasteiger partial charge in [0.25, 0.3) is 11.2 Å². The van der Waals surface area contributed by atoms with E-state index in [1.165, 1.54) is 30.0 Å². The molecule has 2 aromatic heterocycles. The molecular weight excluding hydrogens is 426 g/mol. The number of aromatic nitrogens is 4. The fraction of sp³-hybridized carbons (Fsp3) is 0.182. The number of nitro groups is 1. The molecule has 11 nitrogen and oxygen atoms in total. The molecule has 0 bridgehead atoms. The van der Waals surface area contributed by atoms with E-state index in [4.69, 9.17) is 0 Å². The van der Waals surface area contributed by atoms with Crippen LogP contribution in [0.3, 0.4) is 0 Å². The summed E-state index contributed by atoms with van der Waals surface area (Å²) in [7, 11) is 2.97. The molecule has 168 valence electrons. The first-order valence-electron chi connectivity index (χ1n) is 10.1. The Hall–Kier alpha value is -4.54. The third-order valence-corrected chi connectivity index (χ3v) is 5.27. The third-order valence-electron chi connectivity index (χ3n) is 5.27. The van der Waals surface area contributed by atoms with Crippen LogP contribution in [-0.4, -0.2) is 29.8 Å². The van der Waals surface area contributed by atoms with Crippen LogP contribution in [0.15, 0.2) is 69.3 Å². The second-order valence-corrected chi connectivity index (χ2v) is 7.42. The standard InChI is InChI=1S/C22H21N7O4/c1-26-19-18(20(30)27(2)22(26)31)28(12-11-15-7-4-3-5-8-15)21(24-19)25-23-14-16-9-6-10-17(13-16)29(32)33/h3-10,13-14H,11-12H2,1-2H3,(H,24,25)/b23-14-. The van der Waals surface area contributed by atoms with Crippen LogP contribution in [0.2, 0.25) is 0 Å². The molecule has 33 heavy (non-hydrogen) atoms. The Balaban J connectivity index is 1.73. The first-order valence-corrected chi connectivity index (χ1v) is 10.1. The van der Waals surface area contributed by atoms with Gasteiger partial charge in [0.2, 0.25) is 5.95 Å². The molecule has 0 aliphatic carbocycles. The predicted molar refractivity (Wildman–Crippen MR) is 125 cm³/mol. The Morgan fingerprint density at radius 3 is 2.58 bits per heavy atom. The molecule has 4 rings (SSSR count). The molecule has 11 heteroatoms. The molecule has 0 spiro atoms. The zero-order valence-electron chi connectivity index (χ0n) is 18.0. The lowest BCUT2D eigenvalue weighted by Gasteiger charge is -2.09. The number of imidazole rings is 1. The molecule has 0 amide bonds. The van der Waals surface area contributed by atoms with E-state index in [1.54, 1.807) is 23.7 Å². The SMILES string of the molecule is Cn1c(=O)c2c(nc(N/N=C\c3cccc([N+](=O)[O-])c3)n2CCc2ccccc2)n(C)c1=O. The second kappa shape index (κ2) is 8.91. The van der Waals surface area contributed by atoms with Crippen LogP contribution in [0.25, 0.3) is 11.2 Å². The second-order valence-electron chi connectivity index (χ2n) is 7.42. The van der Waals surface area contributed by atoms with Gasteiger partial charge in [-0.2, -0.15) is 10.1 Å². The van der Waals surface area contributed by atoms with Crippen LogP contribution in [-0.2, 0) is 27.1 Å². The Labute approximate surface area is 187 Å². The van der Waals surface area contributed by atoms with Gasteiger partial charge in [-0.1, -0.05) is 42.5 Å². The van der Waals surface area contributed by atoms with E-state index in [0.717, 1.165) is 10.1 Å². The number of anilines is 1. The molecular formula is C22H21N7O4. The number of hydrogen-bond donors (Lipinski definition) is 1. The van der Waals surface area contributed by atoms with Crippen molar-refractivity contribution in [2.75, 3.05) is 5.43 Å². The highest BCUT2D eigenvalue weighted by Gasteiger charge is 2.19. The van der Waals surface area contributed by atoms with Crippen LogP contribution in [0, 0.1) is 10.1 Å². The van der Waals surface area contributed by atoms with E-state index in [1.807, 2.05) is 30.3 Å². The summed E-state index contributed by atoms with van der Waals surface area (Å²) in [6.45, 7) is 0.419. The molecule has 2 heterocycles. The molecule has 0 saturated heterocycles. The monoisotopic (exact) mass is 447 g/mol. The third kappa shape index (κ3) is 4.28. The van der Waals surface area contributed by atoms with Crippen LogP contribution in [0.5, 0.6) is 0 Å². The molecule has 1 N–H and O–H groups in total. The number of hydrazone groups is 1. The van der Waals surface area contributed by atoms with Gasteiger partial charge in [0.1, 0.15) is 0 Å². The van der Waals surface area contributed by atoms with Crippen molar-refractivity contribution >= 4 is 29.0 Å². The summed E-state index contributed by atoms with van der Waals surface area (Å²) >= 11 is 0. The van der Waals surface area contributed by atoms with Gasteiger partial charge in [-0.3, -0.25) is 24.0 Å². The quantitative estimate of drug-likeness (QED) is 0.262. The number of nitrogens with one attached hydrogen (secondary N) is 1. The fourth-order valence-corrected chi connectivity index (χ4v) is 3.52. The van der Waals surface area contributed by atoms with Gasteiger partial charge in [0.15, 0.2) is 11.2 Å². The van der Waals surface area contributed by atoms with E-state index in [9.17, 15) is 19.7 Å². The van der Waals surface area contributed by atoms with Crippen molar-refractivity contribution in [3.05, 3.63) is 96.7 Å². The smallest absolute Gasteiger partial charge is 0.303 e. The van der Waals surface area contributed by atoms with E-state index < -0.39 is 16.2 Å². The normalized spacial score (nSPS) is 11.3. The number of nitro benzene ring substituents is 1. The minimum Gasteiger partial charge on any atom is -0.303 e. The summed E-state index contributed by atoms with van der Waals surface area (Å²) < 4.78 is 4.04. The van der Waals surface area contributed by atoms with Gasteiger partial charge >= 0.3 is 5.69 Å². The van der Waals surface area contributed by atoms with Crippen LogP contribution >= 0.6 is 0 Å². The minimum absolute atomic E-state index is 0.0486. The van der Waals surface area contributed by atoms with Gasteiger partial charge < -0.3 is 4.57 Å². The van der Waals surface area contributed by atoms with Crippen molar-refractivity contribution < 1.29 is 4.92 Å². The zero-order valence-corrected chi connectivity index (χ0v) is 18.0. The van der Waals surface area contributed by atoms with E-state index in [0.29, 0.717) is 18.5 Å². The van der Waals surface area contributed by atoms with Crippen molar-refractivity contribution in [2.24, 2.45) is 19.2 Å². The number of nitrogens with zero attached hydrogens (tertiary/aromatic N) is 6. The Morgan fingerprint density at radius 1 is 1.09 bits per heavy atom. The molecule has 0 saturated carbocycles. The predicted octanol–water partition coefficient (Wildman–Crippen LogP) is 2.03. The maximum Gasteiger partial charge on any atom is 0.332 e. The molecule has 0 unspecified atom stereocenters. The van der Waals surface area contributed by atoms with Crippen molar-refractivity contribution in [2.45, 2.75) is 13.0 Å². The van der Waals surface area contributed by atoms with E-state index in [2.05, 4.69) is 15.5 Å². The van der Waals surface area contributed by atoms with Crippen LogP contribution < -0.4 is 16.7 Å². The summed E-state index contributed by atoms with van der Waals surface area (Å²) in [4.78, 5) is 40.2. The summed E-state index contributed by atoms with van der Waals surface area (Å²) in [5.41, 5.74) is 3.95. The van der Waals surface area contributed by atoms with E-state index >= 15 is 0 Å². The number of rotatable bonds is 7. The molecule has 0 radical (unpaired) electrons. The number of hydrogen-bond acceptors (Lipinski definition) is 7. The molecule has 0 atom stereocenters. The van der Waals surface area contributed by atoms with Gasteiger partial charge in [-0.05, 0) is 12.0 Å². The summed E-state index contributed by atoms with van der Waals surface area (Å²) in [6.07, 6.45) is 2.05. The first kappa shape index (κ1) is 21.7. The maximum absolute atomic E-state index is 12.9. The van der Waals surface area contributed by atoms with Gasteiger partial charge in [-0.25, -0.2) is 10.2 Å². The molecule has 2 aromatic carbocycles.